The summed E-state index contributed by atoms with van der Waals surface area (Å²) >= 11 is 3.30. The molecule has 0 amide bonds. The van der Waals surface area contributed by atoms with Gasteiger partial charge in [0.05, 0.1) is 19.7 Å². The second kappa shape index (κ2) is 26.5. The molecule has 370 valence electrons. The van der Waals surface area contributed by atoms with Crippen LogP contribution in [0, 0.1) is 40.5 Å². The minimum Gasteiger partial charge on any atom is -1.00 e. The summed E-state index contributed by atoms with van der Waals surface area (Å²) in [5.41, 5.74) is 8.86. The second-order valence-corrected chi connectivity index (χ2v) is 16.5. The molecule has 0 aliphatic rings. The Morgan fingerprint density at radius 3 is 1.50 bits per heavy atom. The molecule has 7 aromatic carbocycles. The Bertz CT molecular complexity index is 3670. The summed E-state index contributed by atoms with van der Waals surface area (Å²) in [6.07, 6.45) is 7.45. The number of benzene rings is 7. The van der Waals surface area contributed by atoms with Gasteiger partial charge >= 0.3 is 36.7 Å². The van der Waals surface area contributed by atoms with E-state index in [1.807, 2.05) is 85.1 Å². The number of fused-ring (bicyclic) bond motifs is 4. The normalized spacial score (nSPS) is 10.2. The van der Waals surface area contributed by atoms with Crippen molar-refractivity contribution in [2.75, 3.05) is 0 Å². The monoisotopic (exact) mass is 1070 g/mol. The predicted molar refractivity (Wildman–Crippen MR) is 292 cm³/mol. The third kappa shape index (κ3) is 14.0. The molecule has 74 heavy (non-hydrogen) atoms. The molecule has 0 aliphatic heterocycles. The van der Waals surface area contributed by atoms with E-state index in [1.54, 1.807) is 79.1 Å². The number of nitrogens with zero attached hydrogens (tertiary/aromatic N) is 5. The van der Waals surface area contributed by atoms with Crippen molar-refractivity contribution in [3.63, 3.8) is 0 Å². The first kappa shape index (κ1) is 56.7. The number of hydrogen-bond donors (Lipinski definition) is 5. The first-order valence-electron chi connectivity index (χ1n) is 21.9. The van der Waals surface area contributed by atoms with Gasteiger partial charge in [0.15, 0.2) is 0 Å². The van der Waals surface area contributed by atoms with E-state index in [4.69, 9.17) is 10.0 Å². The van der Waals surface area contributed by atoms with Crippen molar-refractivity contribution in [3.8, 4) is 22.3 Å². The molecule has 11 rings (SSSR count). The Kier molecular flexibility index (Phi) is 20.3. The van der Waals surface area contributed by atoms with Gasteiger partial charge in [-0.1, -0.05) is 98.4 Å². The average Bonchev–Trinajstić information content (AvgIpc) is 4.22. The van der Waals surface area contributed by atoms with Gasteiger partial charge in [0.2, 0.25) is 0 Å². The van der Waals surface area contributed by atoms with Crippen LogP contribution in [0.25, 0.3) is 65.9 Å². The summed E-state index contributed by atoms with van der Waals surface area (Å²) in [5.74, 6) is 0. The fraction of sp³-hybridized carbons (Fsp3) is 0.0566. The van der Waals surface area contributed by atoms with E-state index < -0.39 is 17.0 Å². The Hall–Kier alpha value is -8.24. The molecule has 5 N–H and O–H groups in total. The summed E-state index contributed by atoms with van der Waals surface area (Å²) in [6.45, 7) is 2.90. The summed E-state index contributed by atoms with van der Waals surface area (Å²) in [7, 11) is -1.34. The number of H-pyrrole nitrogens is 3. The van der Waals surface area contributed by atoms with Gasteiger partial charge in [0.25, 0.3) is 22.7 Å². The van der Waals surface area contributed by atoms with Crippen LogP contribution in [-0.2, 0) is 6.54 Å². The molecule has 0 bridgehead atoms. The maximum absolute atomic E-state index is 11.0. The van der Waals surface area contributed by atoms with Crippen molar-refractivity contribution < 1.29 is 60.7 Å². The zero-order chi connectivity index (χ0) is 51.3. The van der Waals surface area contributed by atoms with Crippen molar-refractivity contribution >= 4 is 94.9 Å². The number of hydrogen-bond acceptors (Lipinski definition) is 10. The predicted octanol–water partition coefficient (Wildman–Crippen LogP) is 10.0. The van der Waals surface area contributed by atoms with Crippen LogP contribution in [0.5, 0.6) is 0 Å². The molecule has 0 spiro atoms. The quantitative estimate of drug-likeness (QED) is 0.0546. The van der Waals surface area contributed by atoms with E-state index in [1.165, 1.54) is 24.3 Å². The summed E-state index contributed by atoms with van der Waals surface area (Å²) in [4.78, 5) is 50.2. The summed E-state index contributed by atoms with van der Waals surface area (Å²) < 4.78 is 2.95. The third-order valence-corrected chi connectivity index (χ3v) is 11.8. The number of aryl methyl sites for hydroxylation is 1. The number of nitro groups is 4. The van der Waals surface area contributed by atoms with Gasteiger partial charge in [0, 0.05) is 139 Å². The topological polar surface area (TPSA) is 265 Å². The van der Waals surface area contributed by atoms with Gasteiger partial charge in [-0.2, -0.15) is 0 Å². The number of rotatable bonds is 8. The molecule has 0 saturated carbocycles. The minimum atomic E-state index is -1.34. The van der Waals surface area contributed by atoms with Crippen molar-refractivity contribution in [2.45, 2.75) is 20.9 Å². The van der Waals surface area contributed by atoms with Crippen molar-refractivity contribution in [2.24, 2.45) is 0 Å². The largest absolute Gasteiger partial charge is 1.00 e. The molecule has 4 heterocycles. The van der Waals surface area contributed by atoms with E-state index in [-0.39, 0.29) is 71.0 Å². The Labute approximate surface area is 455 Å². The van der Waals surface area contributed by atoms with Gasteiger partial charge in [-0.15, -0.1) is 0 Å². The van der Waals surface area contributed by atoms with Crippen molar-refractivity contribution in [3.05, 3.63) is 240 Å². The van der Waals surface area contributed by atoms with Crippen LogP contribution in [0.15, 0.2) is 199 Å². The molecule has 11 aromatic rings. The van der Waals surface area contributed by atoms with Crippen LogP contribution in [0.2, 0.25) is 0 Å². The average molecular weight is 1070 g/mol. The zero-order valence-corrected chi connectivity index (χ0v) is 42.6. The Morgan fingerprint density at radius 2 is 0.986 bits per heavy atom. The SMILES string of the molecule is C.CCn1cc(-c2ccccc2)c2cc([N+](=O)[O-])ccc21.O=[N+]([O-])c1ccc2[nH]cc(-c3ccccc3)c2c1.O=[N+]([O-])c1ccc2[nH]cc(Br)c2c1.O=[N+]([O-])c1ccc2[nH]ccc2c1.OB(O)c1ccccc1.[H-].[Na+]. The van der Waals surface area contributed by atoms with Crippen LogP contribution in [0.4, 0.5) is 22.7 Å². The van der Waals surface area contributed by atoms with Gasteiger partial charge in [-0.05, 0) is 69.8 Å². The molecule has 4 aromatic heterocycles. The maximum Gasteiger partial charge on any atom is 1.00 e. The van der Waals surface area contributed by atoms with E-state index >= 15 is 0 Å². The maximum atomic E-state index is 11.0. The van der Waals surface area contributed by atoms with Crippen molar-refractivity contribution in [1.82, 2.24) is 19.5 Å². The summed E-state index contributed by atoms with van der Waals surface area (Å²) in [5, 5.41) is 63.2. The molecule has 0 saturated heterocycles. The molecular weight excluding hydrogens is 1020 g/mol. The number of nitro benzene ring substituents is 4. The molecule has 0 fully saturated rings. The smallest absolute Gasteiger partial charge is 1.00 e. The number of aromatic amines is 3. The molecule has 0 aliphatic carbocycles. The van der Waals surface area contributed by atoms with Crippen LogP contribution in [0.1, 0.15) is 15.8 Å². The standard InChI is InChI=1S/C16H14N2O2.C14H10N2O2.C8H5BrN2O2.C8H6N2O2.C6H7BO2.CH4.Na.H/c1-2-17-11-15(12-6-4-3-5-7-12)14-10-13(18(19)20)8-9-16(14)17;17-16(18)11-6-7-14-12(8-11)13(9-15-14)10-4-2-1-3-5-10;9-7-4-10-8-2-1-5(11(12)13)3-6(7)8;11-10(12)7-1-2-8-6(5-7)3-4-9-8;8-7(9)6-4-2-1-3-5-6;;;/h3-11H,2H2,1H3;1-9,15H;1-4,10H;1-5,9H;1-5,8-9H;1H4;;/q;;;;;;+1;-1. The van der Waals surface area contributed by atoms with E-state index in [9.17, 15) is 40.5 Å². The van der Waals surface area contributed by atoms with Gasteiger partial charge < -0.3 is 31.0 Å². The first-order chi connectivity index (χ1) is 34.7. The van der Waals surface area contributed by atoms with Crippen LogP contribution < -0.4 is 35.0 Å². The van der Waals surface area contributed by atoms with E-state index in [2.05, 4.69) is 48.6 Å². The van der Waals surface area contributed by atoms with Crippen molar-refractivity contribution in [1.29, 1.82) is 0 Å². The molecule has 0 atom stereocenters. The summed E-state index contributed by atoms with van der Waals surface area (Å²) in [6, 6.07) is 49.6. The van der Waals surface area contributed by atoms with E-state index in [0.717, 1.165) is 76.9 Å². The number of nitrogens with one attached hydrogen (secondary N) is 3. The molecule has 0 radical (unpaired) electrons. The molecule has 21 heteroatoms. The van der Waals surface area contributed by atoms with E-state index in [0.29, 0.717) is 5.46 Å². The molecule has 0 unspecified atom stereocenters. The Morgan fingerprint density at radius 1 is 0.541 bits per heavy atom. The minimum absolute atomic E-state index is 0. The number of aromatic nitrogens is 4. The molecular formula is C53H47BBrN8NaO10. The zero-order valence-electron chi connectivity index (χ0n) is 40.0. The van der Waals surface area contributed by atoms with Crippen LogP contribution >= 0.6 is 15.9 Å². The number of non-ortho nitro benzene ring substituents is 4. The first-order valence-corrected chi connectivity index (χ1v) is 22.7. The van der Waals surface area contributed by atoms with Crippen LogP contribution in [-0.4, -0.2) is 56.4 Å². The fourth-order valence-corrected chi connectivity index (χ4v) is 8.00. The van der Waals surface area contributed by atoms with Gasteiger partial charge in [0.1, 0.15) is 0 Å². The third-order valence-electron chi connectivity index (χ3n) is 11.1. The van der Waals surface area contributed by atoms with Crippen LogP contribution in [0.3, 0.4) is 0 Å². The molecule has 18 nitrogen and oxygen atoms in total. The van der Waals surface area contributed by atoms with Gasteiger partial charge in [-0.25, -0.2) is 0 Å². The Balaban J connectivity index is 0.000000206. The fourth-order valence-electron chi connectivity index (χ4n) is 7.55. The second-order valence-electron chi connectivity index (χ2n) is 15.6. The number of halogens is 1. The van der Waals surface area contributed by atoms with Gasteiger partial charge in [-0.3, -0.25) is 40.5 Å².